The number of hydrogen-bond acceptors (Lipinski definition) is 3. The highest BCUT2D eigenvalue weighted by Crippen LogP contribution is 2.27. The van der Waals surface area contributed by atoms with Crippen LogP contribution < -0.4 is 4.74 Å². The predicted octanol–water partition coefficient (Wildman–Crippen LogP) is 4.08. The summed E-state index contributed by atoms with van der Waals surface area (Å²) in [5, 5.41) is 9.63. The van der Waals surface area contributed by atoms with Gasteiger partial charge in [-0.15, -0.1) is 11.3 Å². The monoisotopic (exact) mass is 280 g/mol. The highest BCUT2D eigenvalue weighted by molar-refractivity contribution is 7.11. The van der Waals surface area contributed by atoms with Crippen LogP contribution in [0.2, 0.25) is 0 Å². The SMILES string of the molecule is CCc1ccc(COc2cc(F)ccc2[C@H](C)O)s1. The van der Waals surface area contributed by atoms with E-state index in [9.17, 15) is 9.50 Å². The van der Waals surface area contributed by atoms with Crippen LogP contribution >= 0.6 is 11.3 Å². The molecule has 1 aromatic carbocycles. The Morgan fingerprint density at radius 1 is 1.26 bits per heavy atom. The van der Waals surface area contributed by atoms with E-state index < -0.39 is 6.10 Å². The first kappa shape index (κ1) is 14.0. The van der Waals surface area contributed by atoms with Gasteiger partial charge < -0.3 is 9.84 Å². The Morgan fingerprint density at radius 3 is 2.63 bits per heavy atom. The Kier molecular flexibility index (Phi) is 4.56. The van der Waals surface area contributed by atoms with Crippen LogP contribution in [0, 0.1) is 5.82 Å². The molecule has 0 fully saturated rings. The second-order valence-electron chi connectivity index (χ2n) is 4.37. The highest BCUT2D eigenvalue weighted by Gasteiger charge is 2.11. The summed E-state index contributed by atoms with van der Waals surface area (Å²) < 4.78 is 18.9. The molecule has 0 aliphatic carbocycles. The number of rotatable bonds is 5. The Balaban J connectivity index is 2.12. The summed E-state index contributed by atoms with van der Waals surface area (Å²) in [6, 6.07) is 8.29. The highest BCUT2D eigenvalue weighted by atomic mass is 32.1. The predicted molar refractivity (Wildman–Crippen MR) is 75.1 cm³/mol. The first-order valence-electron chi connectivity index (χ1n) is 6.28. The third-order valence-corrected chi connectivity index (χ3v) is 4.06. The fourth-order valence-corrected chi connectivity index (χ4v) is 2.69. The second-order valence-corrected chi connectivity index (χ2v) is 5.62. The summed E-state index contributed by atoms with van der Waals surface area (Å²) in [5.41, 5.74) is 0.605. The van der Waals surface area contributed by atoms with Crippen molar-refractivity contribution in [3.8, 4) is 5.75 Å². The summed E-state index contributed by atoms with van der Waals surface area (Å²) in [5.74, 6) is 0.0428. The molecule has 2 nitrogen and oxygen atoms in total. The van der Waals surface area contributed by atoms with Crippen molar-refractivity contribution in [3.05, 3.63) is 51.5 Å². The first-order valence-corrected chi connectivity index (χ1v) is 7.09. The van der Waals surface area contributed by atoms with Gasteiger partial charge >= 0.3 is 0 Å². The van der Waals surface area contributed by atoms with Crippen molar-refractivity contribution >= 4 is 11.3 Å². The zero-order valence-corrected chi connectivity index (χ0v) is 11.8. The van der Waals surface area contributed by atoms with Gasteiger partial charge in [-0.05, 0) is 37.6 Å². The van der Waals surface area contributed by atoms with Crippen molar-refractivity contribution in [2.45, 2.75) is 33.0 Å². The molecule has 0 radical (unpaired) electrons. The van der Waals surface area contributed by atoms with Crippen molar-refractivity contribution in [3.63, 3.8) is 0 Å². The maximum atomic E-state index is 13.2. The van der Waals surface area contributed by atoms with Gasteiger partial charge in [0, 0.05) is 21.4 Å². The zero-order valence-electron chi connectivity index (χ0n) is 11.0. The van der Waals surface area contributed by atoms with E-state index in [0.717, 1.165) is 11.3 Å². The van der Waals surface area contributed by atoms with Gasteiger partial charge in [-0.25, -0.2) is 4.39 Å². The van der Waals surface area contributed by atoms with E-state index in [1.807, 2.05) is 6.07 Å². The van der Waals surface area contributed by atoms with E-state index >= 15 is 0 Å². The first-order chi connectivity index (χ1) is 9.10. The molecular weight excluding hydrogens is 263 g/mol. The molecule has 1 atom stereocenters. The molecule has 0 saturated heterocycles. The minimum Gasteiger partial charge on any atom is -0.488 e. The van der Waals surface area contributed by atoms with Gasteiger partial charge in [0.1, 0.15) is 18.2 Å². The van der Waals surface area contributed by atoms with Crippen molar-refractivity contribution in [1.82, 2.24) is 0 Å². The van der Waals surface area contributed by atoms with Gasteiger partial charge in [0.15, 0.2) is 0 Å². The topological polar surface area (TPSA) is 29.5 Å². The van der Waals surface area contributed by atoms with Crippen LogP contribution in [0.1, 0.15) is 35.3 Å². The van der Waals surface area contributed by atoms with Crippen LogP contribution in [-0.4, -0.2) is 5.11 Å². The van der Waals surface area contributed by atoms with Gasteiger partial charge in [0.25, 0.3) is 0 Å². The maximum absolute atomic E-state index is 13.2. The number of ether oxygens (including phenoxy) is 1. The lowest BCUT2D eigenvalue weighted by Crippen LogP contribution is -2.00. The van der Waals surface area contributed by atoms with Gasteiger partial charge in [-0.3, -0.25) is 0 Å². The summed E-state index contributed by atoms with van der Waals surface area (Å²) in [7, 11) is 0. The molecular formula is C15H17FO2S. The summed E-state index contributed by atoms with van der Waals surface area (Å²) in [6.07, 6.45) is 0.328. The van der Waals surface area contributed by atoms with E-state index in [4.69, 9.17) is 4.74 Å². The van der Waals surface area contributed by atoms with Crippen molar-refractivity contribution in [1.29, 1.82) is 0 Å². The minimum absolute atomic E-state index is 0.361. The van der Waals surface area contributed by atoms with Crippen molar-refractivity contribution < 1.29 is 14.2 Å². The molecule has 0 amide bonds. The molecule has 4 heteroatoms. The fourth-order valence-electron chi connectivity index (χ4n) is 1.82. The average Bonchev–Trinajstić information content (AvgIpc) is 2.84. The van der Waals surface area contributed by atoms with E-state index in [0.29, 0.717) is 17.9 Å². The molecule has 2 aromatic rings. The molecule has 1 N–H and O–H groups in total. The Bertz CT molecular complexity index is 549. The van der Waals surface area contributed by atoms with Crippen molar-refractivity contribution in [2.75, 3.05) is 0 Å². The number of hydrogen-bond donors (Lipinski definition) is 1. The Hall–Kier alpha value is -1.39. The molecule has 0 aliphatic heterocycles. The van der Waals surface area contributed by atoms with Crippen molar-refractivity contribution in [2.24, 2.45) is 0 Å². The molecule has 1 heterocycles. The van der Waals surface area contributed by atoms with Gasteiger partial charge in [0.05, 0.1) is 6.10 Å². The van der Waals surface area contributed by atoms with E-state index in [2.05, 4.69) is 13.0 Å². The number of aryl methyl sites for hydroxylation is 1. The third-order valence-electron chi connectivity index (χ3n) is 2.86. The lowest BCUT2D eigenvalue weighted by Gasteiger charge is -2.12. The second kappa shape index (κ2) is 6.17. The van der Waals surface area contributed by atoms with E-state index in [-0.39, 0.29) is 5.82 Å². The normalized spacial score (nSPS) is 12.4. The van der Waals surface area contributed by atoms with Crippen LogP contribution in [0.4, 0.5) is 4.39 Å². The fraction of sp³-hybridized carbons (Fsp3) is 0.333. The quantitative estimate of drug-likeness (QED) is 0.894. The summed E-state index contributed by atoms with van der Waals surface area (Å²) in [4.78, 5) is 2.39. The Labute approximate surface area is 116 Å². The largest absolute Gasteiger partial charge is 0.488 e. The molecule has 2 rings (SSSR count). The van der Waals surface area contributed by atoms with Crippen LogP contribution in [0.3, 0.4) is 0 Å². The molecule has 1 aromatic heterocycles. The number of halogens is 1. The van der Waals surface area contributed by atoms with E-state index in [1.54, 1.807) is 24.3 Å². The average molecular weight is 280 g/mol. The standard InChI is InChI=1S/C15H17FO2S/c1-3-12-5-6-13(19-12)9-18-15-8-11(16)4-7-14(15)10(2)17/h4-8,10,17H,3,9H2,1-2H3/t10-/m0/s1. The summed E-state index contributed by atoms with van der Waals surface area (Å²) in [6.45, 7) is 4.14. The van der Waals surface area contributed by atoms with Crippen LogP contribution in [0.15, 0.2) is 30.3 Å². The van der Waals surface area contributed by atoms with Crippen LogP contribution in [0.25, 0.3) is 0 Å². The molecule has 0 spiro atoms. The van der Waals surface area contributed by atoms with E-state index in [1.165, 1.54) is 17.0 Å². The minimum atomic E-state index is -0.676. The number of benzene rings is 1. The molecule has 102 valence electrons. The molecule has 0 saturated carbocycles. The van der Waals surface area contributed by atoms with Gasteiger partial charge in [0.2, 0.25) is 0 Å². The third kappa shape index (κ3) is 3.55. The molecule has 0 unspecified atom stereocenters. The molecule has 0 bridgehead atoms. The maximum Gasteiger partial charge on any atom is 0.128 e. The zero-order chi connectivity index (χ0) is 13.8. The van der Waals surface area contributed by atoms with Gasteiger partial charge in [-0.1, -0.05) is 6.92 Å². The van der Waals surface area contributed by atoms with Gasteiger partial charge in [-0.2, -0.15) is 0 Å². The molecule has 0 aliphatic rings. The number of thiophene rings is 1. The lowest BCUT2D eigenvalue weighted by molar-refractivity contribution is 0.190. The summed E-state index contributed by atoms with van der Waals surface area (Å²) >= 11 is 1.69. The van der Waals surface area contributed by atoms with Crippen LogP contribution in [0.5, 0.6) is 5.75 Å². The van der Waals surface area contributed by atoms with Crippen LogP contribution in [-0.2, 0) is 13.0 Å². The molecule has 19 heavy (non-hydrogen) atoms. The Morgan fingerprint density at radius 2 is 2.00 bits per heavy atom. The smallest absolute Gasteiger partial charge is 0.128 e. The number of aliphatic hydroxyl groups excluding tert-OH is 1. The lowest BCUT2D eigenvalue weighted by atomic mass is 10.1. The number of aliphatic hydroxyl groups is 1.